The molecule has 166 valence electrons. The number of benzene rings is 2. The van der Waals surface area contributed by atoms with Gasteiger partial charge in [-0.1, -0.05) is 25.5 Å². The minimum atomic E-state index is -3.46. The Morgan fingerprint density at radius 2 is 1.77 bits per heavy atom. The highest BCUT2D eigenvalue weighted by Gasteiger charge is 2.26. The molecule has 2 aromatic carbocycles. The van der Waals surface area contributed by atoms with Crippen molar-refractivity contribution in [1.82, 2.24) is 9.62 Å². The van der Waals surface area contributed by atoms with E-state index in [1.165, 1.54) is 16.4 Å². The first kappa shape index (κ1) is 23.2. The molecule has 7 nitrogen and oxygen atoms in total. The lowest BCUT2D eigenvalue weighted by Crippen LogP contribution is -2.34. The fourth-order valence-electron chi connectivity index (χ4n) is 3.23. The molecule has 0 unspecified atom stereocenters. The molecule has 1 saturated heterocycles. The van der Waals surface area contributed by atoms with Gasteiger partial charge in [0, 0.05) is 18.8 Å². The summed E-state index contributed by atoms with van der Waals surface area (Å²) in [5.41, 5.74) is 0.980. The highest BCUT2D eigenvalue weighted by Crippen LogP contribution is 2.22. The van der Waals surface area contributed by atoms with Crippen LogP contribution in [0.1, 0.15) is 43.0 Å². The molecule has 0 spiro atoms. The smallest absolute Gasteiger partial charge is 0.261 e. The first-order valence-corrected chi connectivity index (χ1v) is 12.2. The van der Waals surface area contributed by atoms with Gasteiger partial charge in [-0.25, -0.2) is 8.42 Å². The van der Waals surface area contributed by atoms with Crippen LogP contribution in [-0.2, 0) is 10.0 Å². The SMILES string of the molecule is CCCCOc1ccccc1C(=O)NC(=S)Nc1ccc(S(=O)(=O)N2CCCC2)cc1. The second kappa shape index (κ2) is 10.7. The number of hydrogen-bond acceptors (Lipinski definition) is 5. The third-order valence-electron chi connectivity index (χ3n) is 4.93. The number of rotatable bonds is 8. The quantitative estimate of drug-likeness (QED) is 0.460. The lowest BCUT2D eigenvalue weighted by Gasteiger charge is -2.16. The van der Waals surface area contributed by atoms with E-state index in [2.05, 4.69) is 17.6 Å². The third kappa shape index (κ3) is 6.03. The molecule has 1 aliphatic rings. The van der Waals surface area contributed by atoms with Crippen LogP contribution in [0.3, 0.4) is 0 Å². The van der Waals surface area contributed by atoms with E-state index in [0.29, 0.717) is 36.7 Å². The van der Waals surface area contributed by atoms with Gasteiger partial charge in [-0.15, -0.1) is 0 Å². The fourth-order valence-corrected chi connectivity index (χ4v) is 4.95. The van der Waals surface area contributed by atoms with Crippen molar-refractivity contribution >= 4 is 38.9 Å². The molecular formula is C22H27N3O4S2. The van der Waals surface area contributed by atoms with Gasteiger partial charge in [-0.2, -0.15) is 4.31 Å². The summed E-state index contributed by atoms with van der Waals surface area (Å²) in [6.07, 6.45) is 3.68. The van der Waals surface area contributed by atoms with Crippen molar-refractivity contribution in [2.45, 2.75) is 37.5 Å². The second-order valence-electron chi connectivity index (χ2n) is 7.24. The largest absolute Gasteiger partial charge is 0.493 e. The molecule has 1 aliphatic heterocycles. The summed E-state index contributed by atoms with van der Waals surface area (Å²) in [5.74, 6) is 0.130. The molecule has 1 amide bonds. The molecule has 0 saturated carbocycles. The van der Waals surface area contributed by atoms with Crippen LogP contribution in [-0.4, -0.2) is 43.4 Å². The molecule has 0 atom stereocenters. The minimum Gasteiger partial charge on any atom is -0.493 e. The van der Waals surface area contributed by atoms with Crippen LogP contribution >= 0.6 is 12.2 Å². The maximum atomic E-state index is 12.6. The van der Waals surface area contributed by atoms with E-state index in [-0.39, 0.29) is 15.9 Å². The molecule has 1 fully saturated rings. The van der Waals surface area contributed by atoms with Gasteiger partial charge in [0.05, 0.1) is 17.1 Å². The molecule has 31 heavy (non-hydrogen) atoms. The van der Waals surface area contributed by atoms with Gasteiger partial charge in [0.15, 0.2) is 5.11 Å². The molecule has 1 heterocycles. The van der Waals surface area contributed by atoms with Gasteiger partial charge in [0.25, 0.3) is 5.91 Å². The van der Waals surface area contributed by atoms with E-state index in [1.54, 1.807) is 30.3 Å². The number of nitrogens with one attached hydrogen (secondary N) is 2. The first-order chi connectivity index (χ1) is 14.9. The average molecular weight is 462 g/mol. The van der Waals surface area contributed by atoms with Gasteiger partial charge in [0.2, 0.25) is 10.0 Å². The maximum Gasteiger partial charge on any atom is 0.261 e. The van der Waals surface area contributed by atoms with Gasteiger partial charge < -0.3 is 10.1 Å². The van der Waals surface area contributed by atoms with E-state index in [4.69, 9.17) is 17.0 Å². The lowest BCUT2D eigenvalue weighted by molar-refractivity contribution is 0.0973. The number of nitrogens with zero attached hydrogens (tertiary/aromatic N) is 1. The highest BCUT2D eigenvalue weighted by molar-refractivity contribution is 7.89. The number of thiocarbonyl (C=S) groups is 1. The predicted molar refractivity (Wildman–Crippen MR) is 125 cm³/mol. The number of unbranched alkanes of at least 4 members (excludes halogenated alkanes) is 1. The van der Waals surface area contributed by atoms with Crippen molar-refractivity contribution in [3.8, 4) is 5.75 Å². The van der Waals surface area contributed by atoms with Gasteiger partial charge in [0.1, 0.15) is 5.75 Å². The summed E-state index contributed by atoms with van der Waals surface area (Å²) in [4.78, 5) is 12.9. The van der Waals surface area contributed by atoms with Gasteiger partial charge in [-0.05, 0) is 67.9 Å². The Bertz CT molecular complexity index is 1020. The maximum absolute atomic E-state index is 12.6. The zero-order chi connectivity index (χ0) is 22.3. The molecule has 9 heteroatoms. The number of carbonyl (C=O) groups excluding carboxylic acids is 1. The monoisotopic (exact) mass is 461 g/mol. The zero-order valence-corrected chi connectivity index (χ0v) is 19.1. The second-order valence-corrected chi connectivity index (χ2v) is 9.59. The standard InChI is InChI=1S/C22H27N3O4S2/c1-2-3-16-29-20-9-5-4-8-19(20)21(26)24-22(30)23-17-10-12-18(13-11-17)31(27,28)25-14-6-7-15-25/h4-5,8-13H,2-3,6-7,14-16H2,1H3,(H2,23,24,26,30). The van der Waals surface area contributed by atoms with E-state index >= 15 is 0 Å². The summed E-state index contributed by atoms with van der Waals surface area (Å²) < 4.78 is 32.4. The molecular weight excluding hydrogens is 434 g/mol. The number of para-hydroxylation sites is 1. The van der Waals surface area contributed by atoms with Crippen LogP contribution in [0.4, 0.5) is 5.69 Å². The Hall–Kier alpha value is -2.49. The van der Waals surface area contributed by atoms with Crippen molar-refractivity contribution in [2.75, 3.05) is 25.0 Å². The number of amides is 1. The van der Waals surface area contributed by atoms with E-state index in [1.807, 2.05) is 6.07 Å². The number of ether oxygens (including phenoxy) is 1. The average Bonchev–Trinajstić information content (AvgIpc) is 3.30. The normalized spacial score (nSPS) is 14.2. The Morgan fingerprint density at radius 3 is 2.45 bits per heavy atom. The van der Waals surface area contributed by atoms with Crippen LogP contribution in [0.15, 0.2) is 53.4 Å². The first-order valence-electron chi connectivity index (χ1n) is 10.4. The minimum absolute atomic E-state index is 0.114. The van der Waals surface area contributed by atoms with Crippen LogP contribution in [0.2, 0.25) is 0 Å². The van der Waals surface area contributed by atoms with E-state index in [0.717, 1.165) is 25.7 Å². The molecule has 3 rings (SSSR count). The summed E-state index contributed by atoms with van der Waals surface area (Å²) in [5, 5.41) is 5.67. The molecule has 2 aromatic rings. The van der Waals surface area contributed by atoms with Crippen LogP contribution in [0.25, 0.3) is 0 Å². The highest BCUT2D eigenvalue weighted by atomic mass is 32.2. The van der Waals surface area contributed by atoms with E-state index in [9.17, 15) is 13.2 Å². The molecule has 0 aliphatic carbocycles. The van der Waals surface area contributed by atoms with Crippen LogP contribution in [0, 0.1) is 0 Å². The summed E-state index contributed by atoms with van der Waals surface area (Å²) in [6.45, 7) is 3.72. The molecule has 2 N–H and O–H groups in total. The van der Waals surface area contributed by atoms with Crippen molar-refractivity contribution in [1.29, 1.82) is 0 Å². The number of carbonyl (C=O) groups is 1. The van der Waals surface area contributed by atoms with Crippen molar-refractivity contribution in [2.24, 2.45) is 0 Å². The predicted octanol–water partition coefficient (Wildman–Crippen LogP) is 3.78. The number of anilines is 1. The Kier molecular flexibility index (Phi) is 8.00. The van der Waals surface area contributed by atoms with Crippen molar-refractivity contribution in [3.63, 3.8) is 0 Å². The molecule has 0 bridgehead atoms. The third-order valence-corrected chi connectivity index (χ3v) is 7.05. The summed E-state index contributed by atoms with van der Waals surface area (Å²) in [6, 6.07) is 13.3. The lowest BCUT2D eigenvalue weighted by atomic mass is 10.2. The van der Waals surface area contributed by atoms with E-state index < -0.39 is 10.0 Å². The topological polar surface area (TPSA) is 87.7 Å². The zero-order valence-electron chi connectivity index (χ0n) is 17.5. The molecule has 0 aromatic heterocycles. The van der Waals surface area contributed by atoms with Gasteiger partial charge >= 0.3 is 0 Å². The Balaban J connectivity index is 1.60. The van der Waals surface area contributed by atoms with Crippen LogP contribution < -0.4 is 15.4 Å². The summed E-state index contributed by atoms with van der Waals surface area (Å²) in [7, 11) is -3.46. The van der Waals surface area contributed by atoms with Gasteiger partial charge in [-0.3, -0.25) is 10.1 Å². The Morgan fingerprint density at radius 1 is 1.10 bits per heavy atom. The van der Waals surface area contributed by atoms with Crippen molar-refractivity contribution in [3.05, 3.63) is 54.1 Å². The fraction of sp³-hybridized carbons (Fsp3) is 0.364. The van der Waals surface area contributed by atoms with Crippen LogP contribution in [0.5, 0.6) is 5.75 Å². The Labute approximate surface area is 188 Å². The van der Waals surface area contributed by atoms with Crippen molar-refractivity contribution < 1.29 is 17.9 Å². The summed E-state index contributed by atoms with van der Waals surface area (Å²) >= 11 is 5.25. The number of hydrogen-bond donors (Lipinski definition) is 2. The molecule has 0 radical (unpaired) electrons. The number of sulfonamides is 1.